The van der Waals surface area contributed by atoms with Crippen LogP contribution < -0.4 is 10.4 Å². The van der Waals surface area contributed by atoms with Gasteiger partial charge in [0.25, 0.3) is 0 Å². The molecule has 3 aromatic rings. The Morgan fingerprint density at radius 1 is 1.26 bits per heavy atom. The minimum atomic E-state index is -0.294. The van der Waals surface area contributed by atoms with E-state index in [1.54, 1.807) is 25.3 Å². The van der Waals surface area contributed by atoms with Gasteiger partial charge in [0, 0.05) is 6.07 Å². The number of hydrogen-bond acceptors (Lipinski definition) is 5. The van der Waals surface area contributed by atoms with Gasteiger partial charge in [-0.25, -0.2) is 19.4 Å². The van der Waals surface area contributed by atoms with Gasteiger partial charge in [0.1, 0.15) is 11.6 Å². The van der Waals surface area contributed by atoms with Gasteiger partial charge >= 0.3 is 5.69 Å². The van der Waals surface area contributed by atoms with Gasteiger partial charge in [-0.3, -0.25) is 0 Å². The number of nitrogens with zero attached hydrogens (tertiary/aromatic N) is 3. The maximum atomic E-state index is 11.8. The number of aromatic amines is 1. The number of rotatable bonds is 5. The van der Waals surface area contributed by atoms with Crippen molar-refractivity contribution < 1.29 is 9.47 Å². The van der Waals surface area contributed by atoms with E-state index in [0.29, 0.717) is 24.0 Å². The van der Waals surface area contributed by atoms with Crippen LogP contribution in [-0.2, 0) is 16.9 Å². The summed E-state index contributed by atoms with van der Waals surface area (Å²) >= 11 is 0. The van der Waals surface area contributed by atoms with Crippen LogP contribution in [0.15, 0.2) is 41.3 Å². The lowest BCUT2D eigenvalue weighted by Gasteiger charge is -2.27. The Kier molecular flexibility index (Phi) is 4.31. The molecule has 0 spiro atoms. The molecular weight excluding hydrogens is 344 g/mol. The Labute approximate surface area is 157 Å². The van der Waals surface area contributed by atoms with E-state index >= 15 is 0 Å². The topological polar surface area (TPSA) is 82.0 Å². The van der Waals surface area contributed by atoms with E-state index in [9.17, 15) is 4.79 Å². The summed E-state index contributed by atoms with van der Waals surface area (Å²) < 4.78 is 13.5. The Balaban J connectivity index is 1.60. The van der Waals surface area contributed by atoms with E-state index < -0.39 is 0 Å². The first kappa shape index (κ1) is 17.5. The highest BCUT2D eigenvalue weighted by atomic mass is 16.5. The van der Waals surface area contributed by atoms with Crippen LogP contribution in [-0.4, -0.2) is 19.7 Å². The van der Waals surface area contributed by atoms with E-state index in [2.05, 4.69) is 41.2 Å². The van der Waals surface area contributed by atoms with Crippen LogP contribution in [0.2, 0.25) is 0 Å². The molecule has 7 nitrogen and oxygen atoms in total. The van der Waals surface area contributed by atoms with Crippen molar-refractivity contribution in [3.05, 3.63) is 64.0 Å². The van der Waals surface area contributed by atoms with Crippen molar-refractivity contribution in [2.75, 3.05) is 0 Å². The second-order valence-electron chi connectivity index (χ2n) is 6.68. The van der Waals surface area contributed by atoms with Crippen LogP contribution in [0.4, 0.5) is 0 Å². The van der Waals surface area contributed by atoms with Gasteiger partial charge < -0.3 is 9.47 Å². The average molecular weight is 366 g/mol. The lowest BCUT2D eigenvalue weighted by atomic mass is 9.87. The van der Waals surface area contributed by atoms with Gasteiger partial charge in [-0.1, -0.05) is 19.9 Å². The fraction of sp³-hybridized carbons (Fsp3) is 0.350. The fourth-order valence-corrected chi connectivity index (χ4v) is 3.66. The molecule has 3 heterocycles. The number of hydrogen-bond donors (Lipinski definition) is 1. The molecule has 0 saturated heterocycles. The molecule has 2 aromatic heterocycles. The fourth-order valence-electron chi connectivity index (χ4n) is 3.66. The monoisotopic (exact) mass is 366 g/mol. The van der Waals surface area contributed by atoms with Crippen LogP contribution >= 0.6 is 0 Å². The highest BCUT2D eigenvalue weighted by Gasteiger charge is 2.37. The van der Waals surface area contributed by atoms with Crippen LogP contribution in [0.5, 0.6) is 11.6 Å². The molecule has 0 atom stereocenters. The summed E-state index contributed by atoms with van der Waals surface area (Å²) in [5.41, 5.74) is 2.52. The van der Waals surface area contributed by atoms with Crippen LogP contribution in [0.25, 0.3) is 5.69 Å². The summed E-state index contributed by atoms with van der Waals surface area (Å²) in [4.78, 5) is 16.1. The Morgan fingerprint density at radius 3 is 2.70 bits per heavy atom. The molecule has 140 valence electrons. The molecule has 1 aliphatic rings. The van der Waals surface area contributed by atoms with Crippen molar-refractivity contribution in [1.29, 1.82) is 0 Å². The van der Waals surface area contributed by atoms with Gasteiger partial charge in [0.15, 0.2) is 0 Å². The molecule has 0 aliphatic carbocycles. The zero-order chi connectivity index (χ0) is 19.0. The first-order chi connectivity index (χ1) is 13.1. The molecule has 27 heavy (non-hydrogen) atoms. The molecule has 7 heteroatoms. The van der Waals surface area contributed by atoms with Gasteiger partial charge in [0.2, 0.25) is 5.88 Å². The Morgan fingerprint density at radius 2 is 2.07 bits per heavy atom. The van der Waals surface area contributed by atoms with Gasteiger partial charge in [-0.2, -0.15) is 5.10 Å². The van der Waals surface area contributed by atoms with Crippen LogP contribution in [0.1, 0.15) is 43.6 Å². The second kappa shape index (κ2) is 6.66. The predicted octanol–water partition coefficient (Wildman–Crippen LogP) is 3.60. The van der Waals surface area contributed by atoms with E-state index in [4.69, 9.17) is 9.47 Å². The SMILES string of the molecule is CCC1(CC)OCc2ccc(Oc3ccc(-n4c(C)n[nH]c4=O)cn3)cc21. The summed E-state index contributed by atoms with van der Waals surface area (Å²) in [5, 5.41) is 6.32. The largest absolute Gasteiger partial charge is 0.439 e. The summed E-state index contributed by atoms with van der Waals surface area (Å²) in [5.74, 6) is 1.76. The Hall–Kier alpha value is -2.93. The third-order valence-corrected chi connectivity index (χ3v) is 5.26. The van der Waals surface area contributed by atoms with Crippen molar-refractivity contribution in [2.24, 2.45) is 0 Å². The smallest absolute Gasteiger partial charge is 0.347 e. The Bertz CT molecular complexity index is 1020. The quantitative estimate of drug-likeness (QED) is 0.746. The predicted molar refractivity (Wildman–Crippen MR) is 100 cm³/mol. The van der Waals surface area contributed by atoms with Crippen LogP contribution in [0.3, 0.4) is 0 Å². The lowest BCUT2D eigenvalue weighted by Crippen LogP contribution is -2.22. The highest BCUT2D eigenvalue weighted by molar-refractivity contribution is 5.43. The van der Waals surface area contributed by atoms with Crippen molar-refractivity contribution >= 4 is 0 Å². The second-order valence-corrected chi connectivity index (χ2v) is 6.68. The number of aryl methyl sites for hydroxylation is 1. The molecular formula is C20H22N4O3. The van der Waals surface area contributed by atoms with Gasteiger partial charge in [0.05, 0.1) is 24.1 Å². The normalized spacial score (nSPS) is 14.9. The molecule has 0 radical (unpaired) electrons. The molecule has 4 rings (SSSR count). The molecule has 0 amide bonds. The maximum Gasteiger partial charge on any atom is 0.347 e. The van der Waals surface area contributed by atoms with Crippen molar-refractivity contribution in [3.8, 4) is 17.3 Å². The number of nitrogens with one attached hydrogen (secondary N) is 1. The average Bonchev–Trinajstić information content (AvgIpc) is 3.22. The van der Waals surface area contributed by atoms with Crippen molar-refractivity contribution in [2.45, 2.75) is 45.8 Å². The standard InChI is InChI=1S/C20H22N4O3/c1-4-20(5-2)17-10-16(8-6-14(17)12-26-20)27-18-9-7-15(11-21-18)24-13(3)22-23-19(24)25/h6-11H,4-5,12H2,1-3H3,(H,23,25). The zero-order valence-corrected chi connectivity index (χ0v) is 15.7. The molecule has 0 saturated carbocycles. The first-order valence-corrected chi connectivity index (χ1v) is 9.12. The number of H-pyrrole nitrogens is 1. The summed E-state index contributed by atoms with van der Waals surface area (Å²) in [6.07, 6.45) is 3.44. The van der Waals surface area contributed by atoms with E-state index in [1.165, 1.54) is 15.7 Å². The first-order valence-electron chi connectivity index (χ1n) is 9.12. The van der Waals surface area contributed by atoms with Gasteiger partial charge in [-0.05, 0) is 49.1 Å². The molecule has 0 unspecified atom stereocenters. The number of ether oxygens (including phenoxy) is 2. The highest BCUT2D eigenvalue weighted by Crippen LogP contribution is 2.43. The van der Waals surface area contributed by atoms with E-state index in [1.807, 2.05) is 6.07 Å². The maximum absolute atomic E-state index is 11.8. The summed E-state index contributed by atoms with van der Waals surface area (Å²) in [7, 11) is 0. The van der Waals surface area contributed by atoms with Crippen molar-refractivity contribution in [1.82, 2.24) is 19.7 Å². The number of pyridine rings is 1. The minimum Gasteiger partial charge on any atom is -0.439 e. The van der Waals surface area contributed by atoms with E-state index in [0.717, 1.165) is 18.6 Å². The number of benzene rings is 1. The van der Waals surface area contributed by atoms with Crippen LogP contribution in [0, 0.1) is 6.92 Å². The summed E-state index contributed by atoms with van der Waals surface area (Å²) in [6, 6.07) is 9.57. The molecule has 1 aromatic carbocycles. The molecule has 1 aliphatic heterocycles. The molecule has 0 bridgehead atoms. The third-order valence-electron chi connectivity index (χ3n) is 5.26. The van der Waals surface area contributed by atoms with Gasteiger partial charge in [-0.15, -0.1) is 0 Å². The summed E-state index contributed by atoms with van der Waals surface area (Å²) in [6.45, 7) is 6.68. The number of aromatic nitrogens is 4. The number of fused-ring (bicyclic) bond motifs is 1. The lowest BCUT2D eigenvalue weighted by molar-refractivity contribution is -0.0440. The third kappa shape index (κ3) is 2.94. The van der Waals surface area contributed by atoms with Crippen molar-refractivity contribution in [3.63, 3.8) is 0 Å². The molecule has 0 fully saturated rings. The van der Waals surface area contributed by atoms with E-state index in [-0.39, 0.29) is 11.3 Å². The minimum absolute atomic E-state index is 0.230. The zero-order valence-electron chi connectivity index (χ0n) is 15.7. The molecule has 1 N–H and O–H groups in total.